The number of nitrogens with zero attached hydrogens (tertiary/aromatic N) is 2. The first-order chi connectivity index (χ1) is 14.2. The molecular weight excluding hydrogens is 362 g/mol. The zero-order valence-electron chi connectivity index (χ0n) is 17.1. The van der Waals surface area contributed by atoms with Crippen LogP contribution in [0.25, 0.3) is 10.9 Å². The fraction of sp³-hybridized carbons (Fsp3) is 0.333. The average molecular weight is 389 g/mol. The Morgan fingerprint density at radius 3 is 2.38 bits per heavy atom. The lowest BCUT2D eigenvalue weighted by Gasteiger charge is -2.15. The third-order valence-electron chi connectivity index (χ3n) is 4.50. The van der Waals surface area contributed by atoms with E-state index in [-0.39, 0.29) is 0 Å². The Balaban J connectivity index is 1.96. The van der Waals surface area contributed by atoms with E-state index in [1.54, 1.807) is 6.33 Å². The van der Waals surface area contributed by atoms with Crippen LogP contribution in [0.4, 0.5) is 11.5 Å². The molecule has 0 saturated heterocycles. The zero-order valence-corrected chi connectivity index (χ0v) is 17.1. The summed E-state index contributed by atoms with van der Waals surface area (Å²) in [5.74, 6) is 4.79. The van der Waals surface area contributed by atoms with Crippen molar-refractivity contribution < 1.29 is 9.47 Å². The van der Waals surface area contributed by atoms with E-state index < -0.39 is 0 Å². The Bertz CT molecular complexity index is 995. The molecule has 0 aliphatic rings. The summed E-state index contributed by atoms with van der Waals surface area (Å²) >= 11 is 0. The summed E-state index contributed by atoms with van der Waals surface area (Å²) in [4.78, 5) is 8.85. The molecule has 0 amide bonds. The Morgan fingerprint density at radius 2 is 1.69 bits per heavy atom. The van der Waals surface area contributed by atoms with Crippen molar-refractivity contribution in [3.63, 3.8) is 0 Å². The third kappa shape index (κ3) is 5.39. The molecule has 0 aliphatic heterocycles. The Hall–Kier alpha value is -3.26. The normalized spacial score (nSPS) is 10.5. The van der Waals surface area contributed by atoms with Gasteiger partial charge in [-0.2, -0.15) is 0 Å². The summed E-state index contributed by atoms with van der Waals surface area (Å²) in [7, 11) is 0. The van der Waals surface area contributed by atoms with E-state index in [1.807, 2.05) is 36.4 Å². The van der Waals surface area contributed by atoms with Crippen molar-refractivity contribution in [2.45, 2.75) is 39.5 Å². The fourth-order valence-electron chi connectivity index (χ4n) is 2.87. The van der Waals surface area contributed by atoms with Crippen molar-refractivity contribution in [1.82, 2.24) is 9.97 Å². The van der Waals surface area contributed by atoms with E-state index in [0.717, 1.165) is 59.3 Å². The lowest BCUT2D eigenvalue weighted by Crippen LogP contribution is -2.03. The second kappa shape index (κ2) is 10.3. The standard InChI is InChI=1S/C24H27N3O2/c1-4-7-12-28-22-15-20-21(16-23(22)29-13-8-5-2)25-17-26-24(20)27-19-11-9-10-18(6-3)14-19/h3,9-11,14-17H,4-5,7-8,12-13H2,1-2H3,(H,25,26,27). The summed E-state index contributed by atoms with van der Waals surface area (Å²) in [6, 6.07) is 11.6. The van der Waals surface area contributed by atoms with Gasteiger partial charge in [-0.25, -0.2) is 9.97 Å². The predicted molar refractivity (Wildman–Crippen MR) is 118 cm³/mol. The molecule has 3 rings (SSSR count). The highest BCUT2D eigenvalue weighted by atomic mass is 16.5. The van der Waals surface area contributed by atoms with E-state index in [0.29, 0.717) is 19.0 Å². The lowest BCUT2D eigenvalue weighted by atomic mass is 10.2. The highest BCUT2D eigenvalue weighted by Crippen LogP contribution is 2.35. The highest BCUT2D eigenvalue weighted by Gasteiger charge is 2.13. The van der Waals surface area contributed by atoms with Gasteiger partial charge in [0, 0.05) is 22.7 Å². The van der Waals surface area contributed by atoms with Gasteiger partial charge >= 0.3 is 0 Å². The van der Waals surface area contributed by atoms with Crippen LogP contribution in [0.3, 0.4) is 0 Å². The molecule has 0 bridgehead atoms. The molecule has 150 valence electrons. The highest BCUT2D eigenvalue weighted by molar-refractivity contribution is 5.93. The van der Waals surface area contributed by atoms with Crippen LogP contribution in [0.15, 0.2) is 42.7 Å². The number of aromatic nitrogens is 2. The van der Waals surface area contributed by atoms with Crippen LogP contribution < -0.4 is 14.8 Å². The molecule has 3 aromatic rings. The molecule has 2 aromatic carbocycles. The molecule has 0 saturated carbocycles. The van der Waals surface area contributed by atoms with Gasteiger partial charge in [-0.05, 0) is 37.1 Å². The van der Waals surface area contributed by atoms with Crippen LogP contribution >= 0.6 is 0 Å². The summed E-state index contributed by atoms with van der Waals surface area (Å²) in [5.41, 5.74) is 2.48. The van der Waals surface area contributed by atoms with Crippen molar-refractivity contribution in [2.75, 3.05) is 18.5 Å². The van der Waals surface area contributed by atoms with Gasteiger partial charge in [0.2, 0.25) is 0 Å². The molecule has 0 aliphatic carbocycles. The van der Waals surface area contributed by atoms with Crippen LogP contribution in [0.5, 0.6) is 11.5 Å². The van der Waals surface area contributed by atoms with E-state index in [2.05, 4.69) is 35.1 Å². The number of hydrogen-bond acceptors (Lipinski definition) is 5. The maximum Gasteiger partial charge on any atom is 0.163 e. The van der Waals surface area contributed by atoms with Gasteiger partial charge in [-0.15, -0.1) is 6.42 Å². The van der Waals surface area contributed by atoms with Crippen LogP contribution in [0.1, 0.15) is 45.1 Å². The first-order valence-electron chi connectivity index (χ1n) is 10.1. The molecule has 0 unspecified atom stereocenters. The quantitative estimate of drug-likeness (QED) is 0.355. The van der Waals surface area contributed by atoms with E-state index in [4.69, 9.17) is 15.9 Å². The Morgan fingerprint density at radius 1 is 0.966 bits per heavy atom. The van der Waals surface area contributed by atoms with Gasteiger partial charge in [0.25, 0.3) is 0 Å². The first-order valence-corrected chi connectivity index (χ1v) is 10.1. The van der Waals surface area contributed by atoms with Gasteiger partial charge in [0.1, 0.15) is 12.1 Å². The van der Waals surface area contributed by atoms with Crippen LogP contribution in [-0.4, -0.2) is 23.2 Å². The van der Waals surface area contributed by atoms with Gasteiger partial charge in [-0.1, -0.05) is 38.7 Å². The van der Waals surface area contributed by atoms with Gasteiger partial charge < -0.3 is 14.8 Å². The maximum absolute atomic E-state index is 6.02. The molecular formula is C24H27N3O2. The van der Waals surface area contributed by atoms with Crippen molar-refractivity contribution >= 4 is 22.4 Å². The smallest absolute Gasteiger partial charge is 0.163 e. The number of unbranched alkanes of at least 4 members (excludes halogenated alkanes) is 2. The minimum Gasteiger partial charge on any atom is -0.490 e. The number of terminal acetylenes is 1. The second-order valence-electron chi connectivity index (χ2n) is 6.79. The molecule has 5 heteroatoms. The van der Waals surface area contributed by atoms with Crippen LogP contribution in [0, 0.1) is 12.3 Å². The lowest BCUT2D eigenvalue weighted by molar-refractivity contribution is 0.262. The molecule has 0 atom stereocenters. The molecule has 1 heterocycles. The minimum absolute atomic E-state index is 0.646. The minimum atomic E-state index is 0.646. The summed E-state index contributed by atoms with van der Waals surface area (Å²) < 4.78 is 12.0. The zero-order chi connectivity index (χ0) is 20.5. The summed E-state index contributed by atoms with van der Waals surface area (Å²) in [6.07, 6.45) is 11.2. The maximum atomic E-state index is 6.02. The molecule has 5 nitrogen and oxygen atoms in total. The van der Waals surface area contributed by atoms with Crippen molar-refractivity contribution in [3.05, 3.63) is 48.3 Å². The van der Waals surface area contributed by atoms with E-state index >= 15 is 0 Å². The van der Waals surface area contributed by atoms with E-state index in [1.165, 1.54) is 0 Å². The molecule has 29 heavy (non-hydrogen) atoms. The second-order valence-corrected chi connectivity index (χ2v) is 6.79. The Kier molecular flexibility index (Phi) is 7.29. The fourth-order valence-corrected chi connectivity index (χ4v) is 2.87. The van der Waals surface area contributed by atoms with Crippen LogP contribution in [-0.2, 0) is 0 Å². The number of rotatable bonds is 10. The predicted octanol–water partition coefficient (Wildman–Crippen LogP) is 5.71. The van der Waals surface area contributed by atoms with Crippen molar-refractivity contribution in [1.29, 1.82) is 0 Å². The molecule has 1 aromatic heterocycles. The first kappa shape index (κ1) is 20.5. The number of hydrogen-bond donors (Lipinski definition) is 1. The molecule has 1 N–H and O–H groups in total. The third-order valence-corrected chi connectivity index (χ3v) is 4.50. The topological polar surface area (TPSA) is 56.3 Å². The summed E-state index contributed by atoms with van der Waals surface area (Å²) in [5, 5.41) is 4.21. The molecule has 0 fully saturated rings. The van der Waals surface area contributed by atoms with Gasteiger partial charge in [-0.3, -0.25) is 0 Å². The van der Waals surface area contributed by atoms with E-state index in [9.17, 15) is 0 Å². The number of ether oxygens (including phenoxy) is 2. The molecule has 0 radical (unpaired) electrons. The largest absolute Gasteiger partial charge is 0.490 e. The number of nitrogens with one attached hydrogen (secondary N) is 1. The summed E-state index contributed by atoms with van der Waals surface area (Å²) in [6.45, 7) is 5.58. The monoisotopic (exact) mass is 389 g/mol. The molecule has 0 spiro atoms. The SMILES string of the molecule is C#Cc1cccc(Nc2ncnc3cc(OCCCC)c(OCCCC)cc23)c1. The van der Waals surface area contributed by atoms with Gasteiger partial charge in [0.05, 0.1) is 18.7 Å². The number of benzene rings is 2. The van der Waals surface area contributed by atoms with Crippen molar-refractivity contribution in [3.8, 4) is 23.8 Å². The van der Waals surface area contributed by atoms with Crippen LogP contribution in [0.2, 0.25) is 0 Å². The van der Waals surface area contributed by atoms with Gasteiger partial charge in [0.15, 0.2) is 11.5 Å². The average Bonchev–Trinajstić information content (AvgIpc) is 2.75. The van der Waals surface area contributed by atoms with Crippen molar-refractivity contribution in [2.24, 2.45) is 0 Å². The number of anilines is 2. The number of fused-ring (bicyclic) bond motifs is 1. The Labute approximate surface area is 172 Å².